The maximum absolute atomic E-state index is 5.84. The largest absolute Gasteiger partial charge is 0.487 e. The van der Waals surface area contributed by atoms with Gasteiger partial charge in [0, 0.05) is 18.9 Å². The van der Waals surface area contributed by atoms with Crippen molar-refractivity contribution in [3.05, 3.63) is 65.6 Å². The summed E-state index contributed by atoms with van der Waals surface area (Å²) in [6.07, 6.45) is 4.02. The molecule has 0 unspecified atom stereocenters. The molecular weight excluding hydrogens is 262 g/mol. The van der Waals surface area contributed by atoms with Gasteiger partial charge in [-0.25, -0.2) is 4.98 Å². The molecule has 1 N–H and O–H groups in total. The van der Waals surface area contributed by atoms with Gasteiger partial charge in [0.1, 0.15) is 18.0 Å². The van der Waals surface area contributed by atoms with Gasteiger partial charge >= 0.3 is 0 Å². The first kappa shape index (κ1) is 13.6. The number of rotatable bonds is 5. The van der Waals surface area contributed by atoms with Gasteiger partial charge in [-0.3, -0.25) is 0 Å². The molecule has 0 amide bonds. The number of imidazole rings is 1. The number of aryl methyl sites for hydroxylation is 1. The molecule has 2 aromatic heterocycles. The van der Waals surface area contributed by atoms with E-state index in [1.165, 1.54) is 11.1 Å². The summed E-state index contributed by atoms with van der Waals surface area (Å²) in [5, 5.41) is 3.14. The van der Waals surface area contributed by atoms with Crippen LogP contribution in [0.5, 0.6) is 5.75 Å². The zero-order chi connectivity index (χ0) is 14.7. The second-order valence-corrected chi connectivity index (χ2v) is 5.12. The van der Waals surface area contributed by atoms with Crippen molar-refractivity contribution in [2.75, 3.05) is 7.05 Å². The molecule has 0 atom stereocenters. The van der Waals surface area contributed by atoms with Crippen LogP contribution < -0.4 is 10.1 Å². The Morgan fingerprint density at radius 3 is 2.95 bits per heavy atom. The summed E-state index contributed by atoms with van der Waals surface area (Å²) in [4.78, 5) is 4.61. The lowest BCUT2D eigenvalue weighted by Gasteiger charge is -2.06. The number of nitrogens with zero attached hydrogens (tertiary/aromatic N) is 2. The van der Waals surface area contributed by atoms with Crippen molar-refractivity contribution in [2.24, 2.45) is 0 Å². The van der Waals surface area contributed by atoms with Gasteiger partial charge in [-0.05, 0) is 43.3 Å². The van der Waals surface area contributed by atoms with E-state index in [0.29, 0.717) is 6.61 Å². The number of hydrogen-bond donors (Lipinski definition) is 1. The Bertz CT molecular complexity index is 749. The highest BCUT2D eigenvalue weighted by atomic mass is 16.5. The van der Waals surface area contributed by atoms with Crippen LogP contribution in [0.2, 0.25) is 0 Å². The maximum atomic E-state index is 5.84. The van der Waals surface area contributed by atoms with Crippen LogP contribution >= 0.6 is 0 Å². The average molecular weight is 281 g/mol. The minimum Gasteiger partial charge on any atom is -0.487 e. The maximum Gasteiger partial charge on any atom is 0.140 e. The van der Waals surface area contributed by atoms with Crippen molar-refractivity contribution < 1.29 is 4.74 Å². The number of ether oxygens (including phenoxy) is 1. The Hall–Kier alpha value is -2.33. The minimum absolute atomic E-state index is 0.476. The first-order valence-electron chi connectivity index (χ1n) is 7.06. The fourth-order valence-electron chi connectivity index (χ4n) is 2.38. The van der Waals surface area contributed by atoms with Crippen molar-refractivity contribution in [1.29, 1.82) is 0 Å². The van der Waals surface area contributed by atoms with Crippen LogP contribution in [0.15, 0.2) is 48.8 Å². The van der Waals surface area contributed by atoms with Gasteiger partial charge in [-0.1, -0.05) is 18.2 Å². The average Bonchev–Trinajstić information content (AvgIpc) is 2.91. The number of benzene rings is 1. The third-order valence-corrected chi connectivity index (χ3v) is 3.39. The Morgan fingerprint density at radius 1 is 1.24 bits per heavy atom. The molecule has 0 radical (unpaired) electrons. The van der Waals surface area contributed by atoms with Gasteiger partial charge in [0.15, 0.2) is 0 Å². The molecule has 0 bridgehead atoms. The molecule has 4 heteroatoms. The molecule has 3 aromatic rings. The second-order valence-electron chi connectivity index (χ2n) is 5.12. The predicted octanol–water partition coefficient (Wildman–Crippen LogP) is 2.94. The van der Waals surface area contributed by atoms with E-state index < -0.39 is 0 Å². The van der Waals surface area contributed by atoms with Crippen molar-refractivity contribution >= 4 is 5.65 Å². The standard InChI is InChI=1S/C17H19N3O/c1-13-5-4-8-20-11-15(19-17(13)20)12-21-16-7-3-6-14(9-16)10-18-2/h3-9,11,18H,10,12H2,1-2H3. The van der Waals surface area contributed by atoms with E-state index in [4.69, 9.17) is 4.74 Å². The van der Waals surface area contributed by atoms with Crippen LogP contribution in [0.4, 0.5) is 0 Å². The smallest absolute Gasteiger partial charge is 0.140 e. The van der Waals surface area contributed by atoms with Gasteiger partial charge in [0.05, 0.1) is 5.69 Å². The van der Waals surface area contributed by atoms with E-state index in [9.17, 15) is 0 Å². The van der Waals surface area contributed by atoms with E-state index in [0.717, 1.165) is 23.6 Å². The van der Waals surface area contributed by atoms with Gasteiger partial charge in [-0.15, -0.1) is 0 Å². The lowest BCUT2D eigenvalue weighted by molar-refractivity contribution is 0.301. The Labute approximate surface area is 124 Å². The topological polar surface area (TPSA) is 38.6 Å². The first-order chi connectivity index (χ1) is 10.3. The number of nitrogens with one attached hydrogen (secondary N) is 1. The quantitative estimate of drug-likeness (QED) is 0.781. The van der Waals surface area contributed by atoms with Crippen molar-refractivity contribution in [3.8, 4) is 5.75 Å². The molecule has 0 saturated heterocycles. The van der Waals surface area contributed by atoms with Gasteiger partial charge < -0.3 is 14.5 Å². The van der Waals surface area contributed by atoms with Crippen LogP contribution in [-0.4, -0.2) is 16.4 Å². The molecule has 3 rings (SSSR count). The fourth-order valence-corrected chi connectivity index (χ4v) is 2.38. The zero-order valence-electron chi connectivity index (χ0n) is 12.3. The second kappa shape index (κ2) is 5.97. The molecule has 0 fully saturated rings. The number of pyridine rings is 1. The Kier molecular flexibility index (Phi) is 3.88. The van der Waals surface area contributed by atoms with Gasteiger partial charge in [0.25, 0.3) is 0 Å². The van der Waals surface area contributed by atoms with Crippen molar-refractivity contribution in [3.63, 3.8) is 0 Å². The summed E-state index contributed by atoms with van der Waals surface area (Å²) in [6.45, 7) is 3.38. The van der Waals surface area contributed by atoms with Crippen LogP contribution in [0.3, 0.4) is 0 Å². The van der Waals surface area contributed by atoms with Crippen LogP contribution in [0, 0.1) is 6.92 Å². The van der Waals surface area contributed by atoms with E-state index in [-0.39, 0.29) is 0 Å². The summed E-state index contributed by atoms with van der Waals surface area (Å²) in [5.74, 6) is 0.872. The van der Waals surface area contributed by atoms with Crippen molar-refractivity contribution in [2.45, 2.75) is 20.1 Å². The highest BCUT2D eigenvalue weighted by molar-refractivity contribution is 5.47. The van der Waals surface area contributed by atoms with Crippen LogP contribution in [0.1, 0.15) is 16.8 Å². The van der Waals surface area contributed by atoms with Gasteiger partial charge in [-0.2, -0.15) is 0 Å². The van der Waals surface area contributed by atoms with Gasteiger partial charge in [0.2, 0.25) is 0 Å². The summed E-state index contributed by atoms with van der Waals surface area (Å²) >= 11 is 0. The highest BCUT2D eigenvalue weighted by Crippen LogP contribution is 2.16. The number of fused-ring (bicyclic) bond motifs is 1. The molecule has 4 nitrogen and oxygen atoms in total. The van der Waals surface area contributed by atoms with E-state index in [1.807, 2.05) is 42.0 Å². The summed E-state index contributed by atoms with van der Waals surface area (Å²) in [7, 11) is 1.94. The first-order valence-corrected chi connectivity index (χ1v) is 7.06. The number of aromatic nitrogens is 2. The van der Waals surface area contributed by atoms with Crippen molar-refractivity contribution in [1.82, 2.24) is 14.7 Å². The fraction of sp³-hybridized carbons (Fsp3) is 0.235. The molecule has 2 heterocycles. The molecule has 0 aliphatic rings. The van der Waals surface area contributed by atoms with Crippen LogP contribution in [-0.2, 0) is 13.2 Å². The number of hydrogen-bond acceptors (Lipinski definition) is 3. The lowest BCUT2D eigenvalue weighted by Crippen LogP contribution is -2.05. The lowest BCUT2D eigenvalue weighted by atomic mass is 10.2. The predicted molar refractivity (Wildman–Crippen MR) is 83.5 cm³/mol. The third kappa shape index (κ3) is 3.06. The molecule has 1 aromatic carbocycles. The molecule has 0 spiro atoms. The molecular formula is C17H19N3O. The Morgan fingerprint density at radius 2 is 2.14 bits per heavy atom. The SMILES string of the molecule is CNCc1cccc(OCc2cn3cccc(C)c3n2)c1. The van der Waals surface area contributed by atoms with E-state index >= 15 is 0 Å². The van der Waals surface area contributed by atoms with Crippen LogP contribution in [0.25, 0.3) is 5.65 Å². The summed E-state index contributed by atoms with van der Waals surface area (Å²) in [6, 6.07) is 12.2. The molecule has 0 saturated carbocycles. The molecule has 0 aliphatic carbocycles. The molecule has 21 heavy (non-hydrogen) atoms. The monoisotopic (exact) mass is 281 g/mol. The summed E-state index contributed by atoms with van der Waals surface area (Å²) in [5.41, 5.74) is 4.30. The van der Waals surface area contributed by atoms with E-state index in [1.54, 1.807) is 0 Å². The Balaban J connectivity index is 1.74. The summed E-state index contributed by atoms with van der Waals surface area (Å²) < 4.78 is 7.88. The minimum atomic E-state index is 0.476. The van der Waals surface area contributed by atoms with E-state index in [2.05, 4.69) is 35.4 Å². The third-order valence-electron chi connectivity index (χ3n) is 3.39. The molecule has 108 valence electrons. The highest BCUT2D eigenvalue weighted by Gasteiger charge is 2.04. The molecule has 0 aliphatic heterocycles. The normalized spacial score (nSPS) is 11.0. The zero-order valence-corrected chi connectivity index (χ0v) is 12.3.